The molecule has 0 amide bonds. The summed E-state index contributed by atoms with van der Waals surface area (Å²) < 4.78 is 439. The molecular weight excluding hydrogens is 1150 g/mol. The molecule has 0 spiro atoms. The Kier molecular flexibility index (Phi) is 14.4. The van der Waals surface area contributed by atoms with Crippen molar-refractivity contribution in [2.75, 3.05) is 11.5 Å². The first-order valence-electron chi connectivity index (χ1n) is 20.1. The monoisotopic (exact) mass is 1170 g/mol. The van der Waals surface area contributed by atoms with Gasteiger partial charge in [-0.3, -0.25) is 0 Å². The molecule has 6 rings (SSSR count). The van der Waals surface area contributed by atoms with Crippen LogP contribution < -0.4 is 11.5 Å². The van der Waals surface area contributed by atoms with Crippen molar-refractivity contribution >= 4 is 11.4 Å². The van der Waals surface area contributed by atoms with Crippen LogP contribution in [0.4, 0.5) is 143 Å². The van der Waals surface area contributed by atoms with Gasteiger partial charge in [-0.15, -0.1) is 0 Å². The molecule has 0 aliphatic carbocycles. The molecule has 0 aliphatic heterocycles. The third-order valence-electron chi connectivity index (χ3n) is 11.3. The van der Waals surface area contributed by atoms with Gasteiger partial charge in [0.05, 0.1) is 55.6 Å². The number of nitrogen functional groups attached to an aromatic ring is 2. The van der Waals surface area contributed by atoms with E-state index in [2.05, 4.69) is 0 Å². The van der Waals surface area contributed by atoms with E-state index in [0.29, 0.717) is 0 Å². The molecule has 0 saturated heterocycles. The van der Waals surface area contributed by atoms with Crippen LogP contribution in [0.25, 0.3) is 55.6 Å². The van der Waals surface area contributed by atoms with Crippen molar-refractivity contribution in [3.05, 3.63) is 141 Å². The lowest BCUT2D eigenvalue weighted by Gasteiger charge is -2.27. The summed E-state index contributed by atoms with van der Waals surface area (Å²) in [6.45, 7) is 0. The fourth-order valence-electron chi connectivity index (χ4n) is 8.03. The van der Waals surface area contributed by atoms with Crippen molar-refractivity contribution in [2.45, 2.75) is 61.8 Å². The van der Waals surface area contributed by atoms with Crippen LogP contribution >= 0.6 is 0 Å². The van der Waals surface area contributed by atoms with E-state index < -0.39 is 233 Å². The Morgan fingerprint density at radius 2 is 0.321 bits per heavy atom. The smallest absolute Gasteiger partial charge is 0.398 e. The molecule has 4 N–H and O–H groups in total. The minimum absolute atomic E-state index is 0.202. The molecule has 0 heterocycles. The molecule has 78 heavy (non-hydrogen) atoms. The van der Waals surface area contributed by atoms with Crippen LogP contribution in [-0.2, 0) is 61.8 Å². The van der Waals surface area contributed by atoms with Gasteiger partial charge in [-0.1, -0.05) is 12.1 Å². The summed E-state index contributed by atoms with van der Waals surface area (Å²) in [6.07, 6.45) is -62.8. The van der Waals surface area contributed by atoms with Crippen molar-refractivity contribution in [2.24, 2.45) is 0 Å². The first-order chi connectivity index (χ1) is 34.8. The summed E-state index contributed by atoms with van der Waals surface area (Å²) >= 11 is 0. The Labute approximate surface area is 412 Å². The summed E-state index contributed by atoms with van der Waals surface area (Å²) in [4.78, 5) is 0. The Bertz CT molecular complexity index is 3090. The summed E-state index contributed by atoms with van der Waals surface area (Å²) in [5.74, 6) is 0. The first-order valence-corrected chi connectivity index (χ1v) is 20.1. The number of nitrogens with two attached hydrogens (primary N) is 2. The van der Waals surface area contributed by atoms with Crippen molar-refractivity contribution in [1.29, 1.82) is 0 Å². The fraction of sp³-hybridized carbons (Fsp3) is 0.217. The Morgan fingerprint density at radius 1 is 0.179 bits per heavy atom. The van der Waals surface area contributed by atoms with Gasteiger partial charge in [0.15, 0.2) is 0 Å². The van der Waals surface area contributed by atoms with E-state index in [9.17, 15) is 79.0 Å². The highest BCUT2D eigenvalue weighted by Gasteiger charge is 2.49. The van der Waals surface area contributed by atoms with Gasteiger partial charge >= 0.3 is 61.8 Å². The average Bonchev–Trinajstić information content (AvgIpc) is 3.24. The van der Waals surface area contributed by atoms with Gasteiger partial charge < -0.3 is 11.5 Å². The second-order valence-electron chi connectivity index (χ2n) is 16.4. The zero-order chi connectivity index (χ0) is 59.6. The van der Waals surface area contributed by atoms with Gasteiger partial charge in [0.1, 0.15) is 0 Å². The van der Waals surface area contributed by atoms with Gasteiger partial charge in [-0.25, -0.2) is 0 Å². The van der Waals surface area contributed by atoms with Gasteiger partial charge in [0, 0.05) is 11.4 Å². The summed E-state index contributed by atoms with van der Waals surface area (Å²) in [7, 11) is 0. The second kappa shape index (κ2) is 18.7. The van der Waals surface area contributed by atoms with E-state index in [0.717, 1.165) is 0 Å². The lowest BCUT2D eigenvalue weighted by atomic mass is 9.82. The first kappa shape index (κ1) is 60.1. The third kappa shape index (κ3) is 11.9. The number of rotatable bonds is 5. The lowest BCUT2D eigenvalue weighted by Crippen LogP contribution is -2.19. The Morgan fingerprint density at radius 3 is 0.474 bits per heavy atom. The molecule has 0 unspecified atom stereocenters. The molecule has 32 heteroatoms. The Balaban J connectivity index is 1.80. The summed E-state index contributed by atoms with van der Waals surface area (Å²) in [5.41, 5.74) is -43.0. The molecule has 6 aromatic rings. The lowest BCUT2D eigenvalue weighted by molar-refractivity contribution is -0.142. The van der Waals surface area contributed by atoms with Gasteiger partial charge in [-0.05, 0) is 128 Å². The van der Waals surface area contributed by atoms with E-state index in [-0.39, 0.29) is 36.4 Å². The average molecular weight is 1170 g/mol. The molecule has 0 saturated carbocycles. The second-order valence-corrected chi connectivity index (χ2v) is 16.4. The molecule has 0 atom stereocenters. The van der Waals surface area contributed by atoms with Crippen LogP contribution in [0.15, 0.2) is 84.9 Å². The third-order valence-corrected chi connectivity index (χ3v) is 11.3. The quantitative estimate of drug-likeness (QED) is 0.134. The summed E-state index contributed by atoms with van der Waals surface area (Å²) in [6, 6.07) is -8.18. The maximum Gasteiger partial charge on any atom is 0.418 e. The normalized spacial score (nSPS) is 13.9. The molecule has 0 bridgehead atoms. The molecule has 0 radical (unpaired) electrons. The van der Waals surface area contributed by atoms with E-state index in [1.165, 1.54) is 0 Å². The van der Waals surface area contributed by atoms with Crippen LogP contribution in [0.2, 0.25) is 0 Å². The largest absolute Gasteiger partial charge is 0.418 e. The number of benzene rings is 6. The van der Waals surface area contributed by atoms with Crippen molar-refractivity contribution < 1.29 is 132 Å². The van der Waals surface area contributed by atoms with E-state index in [1.54, 1.807) is 0 Å². The standard InChI is InChI=1S/C46H18F30N2/c47-37(48,49)25-9-19(27(39(53,54)55)7-17(25)15-1-3-35(77)33(5-15)45(71,72)73)21-11-31(43(65,66)67)23(13-29(21)41(59,60)61)24-14-30(42(62,63)64)22(12-32(24)44(68,69)70)20-10-26(38(50,51)52)18(8-28(20)40(56,57)58)16-2-4-36(78)34(6-16)46(74,75)76/h1-14H,77-78H2. The minimum atomic E-state index is -6.66. The number of alkyl halides is 30. The predicted molar refractivity (Wildman–Crippen MR) is 212 cm³/mol. The molecule has 0 aromatic heterocycles. The van der Waals surface area contributed by atoms with Crippen molar-refractivity contribution in [3.8, 4) is 55.6 Å². The highest BCUT2D eigenvalue weighted by atomic mass is 19.4. The van der Waals surface area contributed by atoms with Crippen LogP contribution in [0, 0.1) is 0 Å². The number of hydrogen-bond donors (Lipinski definition) is 2. The van der Waals surface area contributed by atoms with Crippen molar-refractivity contribution in [1.82, 2.24) is 0 Å². The maximum atomic E-state index is 15.1. The number of halogens is 30. The SMILES string of the molecule is Nc1ccc(-c2cc(C(F)(F)F)c(-c3cc(C(F)(F)F)c(-c4cc(C(F)(F)F)c(-c5cc(C(F)(F)F)c(-c6ccc(N)c(C(F)(F)F)c6)cc5C(F)(F)F)cc4C(F)(F)F)cc3C(F)(F)F)cc2C(F)(F)F)cc1C(F)(F)F. The maximum absolute atomic E-state index is 15.1. The molecule has 0 aliphatic rings. The van der Waals surface area contributed by atoms with Crippen LogP contribution in [0.3, 0.4) is 0 Å². The van der Waals surface area contributed by atoms with E-state index >= 15 is 52.7 Å². The topological polar surface area (TPSA) is 52.0 Å². The molecule has 0 fully saturated rings. The van der Waals surface area contributed by atoms with E-state index in [4.69, 9.17) is 11.5 Å². The molecule has 6 aromatic carbocycles. The van der Waals surface area contributed by atoms with Crippen LogP contribution in [-0.4, -0.2) is 0 Å². The fourth-order valence-corrected chi connectivity index (χ4v) is 8.03. The van der Waals surface area contributed by atoms with Gasteiger partial charge in [0.2, 0.25) is 0 Å². The highest BCUT2D eigenvalue weighted by Crippen LogP contribution is 2.56. The van der Waals surface area contributed by atoms with Crippen LogP contribution in [0.1, 0.15) is 55.6 Å². The van der Waals surface area contributed by atoms with Gasteiger partial charge in [-0.2, -0.15) is 132 Å². The molecule has 422 valence electrons. The molecule has 2 nitrogen and oxygen atoms in total. The van der Waals surface area contributed by atoms with Crippen molar-refractivity contribution in [3.63, 3.8) is 0 Å². The number of anilines is 2. The van der Waals surface area contributed by atoms with Crippen LogP contribution in [0.5, 0.6) is 0 Å². The highest BCUT2D eigenvalue weighted by molar-refractivity contribution is 5.87. The minimum Gasteiger partial charge on any atom is -0.398 e. The van der Waals surface area contributed by atoms with Gasteiger partial charge in [0.25, 0.3) is 0 Å². The van der Waals surface area contributed by atoms with E-state index in [1.807, 2.05) is 0 Å². The number of hydrogen-bond acceptors (Lipinski definition) is 2. The zero-order valence-corrected chi connectivity index (χ0v) is 36.6. The summed E-state index contributed by atoms with van der Waals surface area (Å²) in [5, 5.41) is 0. The Hall–Kier alpha value is -7.18. The predicted octanol–water partition coefficient (Wildman–Crippen LogP) is 19.4. The zero-order valence-electron chi connectivity index (χ0n) is 36.6. The molecular formula is C46H18F30N2.